The predicted octanol–water partition coefficient (Wildman–Crippen LogP) is 3.75. The highest BCUT2D eigenvalue weighted by atomic mass is 32.1. The molecule has 0 spiro atoms. The number of ether oxygens (including phenoxy) is 1. The second-order valence-corrected chi connectivity index (χ2v) is 7.62. The van der Waals surface area contributed by atoms with Crippen LogP contribution in [0.2, 0.25) is 0 Å². The Morgan fingerprint density at radius 1 is 1.33 bits per heavy atom. The summed E-state index contributed by atoms with van der Waals surface area (Å²) < 4.78 is 11.2. The third-order valence-corrected chi connectivity index (χ3v) is 5.20. The lowest BCUT2D eigenvalue weighted by atomic mass is 10.2. The number of thiazole rings is 1. The molecule has 1 fully saturated rings. The maximum absolute atomic E-state index is 12.2. The number of nitrogens with one attached hydrogen (secondary N) is 1. The van der Waals surface area contributed by atoms with Gasteiger partial charge in [-0.15, -0.1) is 11.3 Å². The Morgan fingerprint density at radius 3 is 2.93 bits per heavy atom. The second kappa shape index (κ2) is 7.92. The van der Waals surface area contributed by atoms with Crippen LogP contribution in [0.15, 0.2) is 40.3 Å². The first kappa shape index (κ1) is 17.7. The fourth-order valence-electron chi connectivity index (χ4n) is 2.57. The van der Waals surface area contributed by atoms with Crippen molar-refractivity contribution in [1.29, 1.82) is 0 Å². The first-order chi connectivity index (χ1) is 13.2. The Balaban J connectivity index is 1.25. The number of aromatic nitrogens is 2. The van der Waals surface area contributed by atoms with Gasteiger partial charge in [0.25, 0.3) is 0 Å². The third kappa shape index (κ3) is 4.95. The van der Waals surface area contributed by atoms with Crippen molar-refractivity contribution in [2.75, 3.05) is 6.61 Å². The van der Waals surface area contributed by atoms with Gasteiger partial charge in [0, 0.05) is 24.2 Å². The van der Waals surface area contributed by atoms with Crippen LogP contribution in [0.5, 0.6) is 5.88 Å². The molecule has 0 atom stereocenters. The van der Waals surface area contributed by atoms with Crippen molar-refractivity contribution < 1.29 is 13.9 Å². The lowest BCUT2D eigenvalue weighted by Crippen LogP contribution is -2.24. The van der Waals surface area contributed by atoms with E-state index >= 15 is 0 Å². The molecule has 1 amide bonds. The van der Waals surface area contributed by atoms with Crippen LogP contribution in [0.1, 0.15) is 29.9 Å². The Hall–Kier alpha value is -2.67. The summed E-state index contributed by atoms with van der Waals surface area (Å²) in [5, 5.41) is 5.58. The molecule has 0 unspecified atom stereocenters. The first-order valence-electron chi connectivity index (χ1n) is 9.01. The van der Waals surface area contributed by atoms with Crippen molar-refractivity contribution in [3.8, 4) is 16.6 Å². The lowest BCUT2D eigenvalue weighted by Gasteiger charge is -2.06. The van der Waals surface area contributed by atoms with E-state index < -0.39 is 0 Å². The summed E-state index contributed by atoms with van der Waals surface area (Å²) in [6.07, 6.45) is 4.49. The normalized spacial score (nSPS) is 13.5. The standard InChI is InChI=1S/C20H21N3O3S/c1-13-2-6-17(26-13)20-23-16(12-27-20)8-18(24)21-9-15-5-7-19(22-10-15)25-11-14-3-4-14/h2,5-7,10,12,14H,3-4,8-9,11H2,1H3,(H,21,24). The van der Waals surface area contributed by atoms with Crippen LogP contribution < -0.4 is 10.1 Å². The Kier molecular flexibility index (Phi) is 5.20. The van der Waals surface area contributed by atoms with Gasteiger partial charge in [-0.3, -0.25) is 4.79 Å². The Labute approximate surface area is 161 Å². The van der Waals surface area contributed by atoms with E-state index in [9.17, 15) is 4.79 Å². The smallest absolute Gasteiger partial charge is 0.226 e. The quantitative estimate of drug-likeness (QED) is 0.641. The first-order valence-corrected chi connectivity index (χ1v) is 9.89. The number of amides is 1. The monoisotopic (exact) mass is 383 g/mol. The van der Waals surface area contributed by atoms with Crippen LogP contribution in [0, 0.1) is 12.8 Å². The van der Waals surface area contributed by atoms with Gasteiger partial charge in [0.15, 0.2) is 10.8 Å². The van der Waals surface area contributed by atoms with E-state index in [2.05, 4.69) is 15.3 Å². The highest BCUT2D eigenvalue weighted by Crippen LogP contribution is 2.29. The van der Waals surface area contributed by atoms with Crippen molar-refractivity contribution in [3.05, 3.63) is 52.9 Å². The zero-order valence-corrected chi connectivity index (χ0v) is 15.9. The molecule has 0 bridgehead atoms. The molecule has 7 heteroatoms. The maximum Gasteiger partial charge on any atom is 0.226 e. The summed E-state index contributed by atoms with van der Waals surface area (Å²) in [5.74, 6) is 2.85. The fourth-order valence-corrected chi connectivity index (χ4v) is 3.35. The number of furan rings is 1. The van der Waals surface area contributed by atoms with E-state index in [1.807, 2.05) is 36.6 Å². The van der Waals surface area contributed by atoms with Gasteiger partial charge in [-0.25, -0.2) is 9.97 Å². The van der Waals surface area contributed by atoms with Crippen molar-refractivity contribution in [2.24, 2.45) is 5.92 Å². The van der Waals surface area contributed by atoms with Gasteiger partial charge in [0.2, 0.25) is 11.8 Å². The molecule has 6 nitrogen and oxygen atoms in total. The number of aryl methyl sites for hydroxylation is 1. The summed E-state index contributed by atoms with van der Waals surface area (Å²) in [5.41, 5.74) is 1.68. The summed E-state index contributed by atoms with van der Waals surface area (Å²) in [6, 6.07) is 7.57. The van der Waals surface area contributed by atoms with E-state index in [1.165, 1.54) is 24.2 Å². The minimum Gasteiger partial charge on any atom is -0.477 e. The number of carbonyl (C=O) groups excluding carboxylic acids is 1. The number of pyridine rings is 1. The predicted molar refractivity (Wildman–Crippen MR) is 103 cm³/mol. The molecule has 27 heavy (non-hydrogen) atoms. The molecule has 1 saturated carbocycles. The highest BCUT2D eigenvalue weighted by molar-refractivity contribution is 7.13. The second-order valence-electron chi connectivity index (χ2n) is 6.77. The molecular weight excluding hydrogens is 362 g/mol. The molecule has 0 aromatic carbocycles. The van der Waals surface area contributed by atoms with Crippen molar-refractivity contribution in [3.63, 3.8) is 0 Å². The number of hydrogen-bond acceptors (Lipinski definition) is 6. The summed E-state index contributed by atoms with van der Waals surface area (Å²) in [7, 11) is 0. The summed E-state index contributed by atoms with van der Waals surface area (Å²) in [4.78, 5) is 20.9. The van der Waals surface area contributed by atoms with Gasteiger partial charge in [0.1, 0.15) is 5.76 Å². The number of hydrogen-bond donors (Lipinski definition) is 1. The number of rotatable bonds is 8. The largest absolute Gasteiger partial charge is 0.477 e. The van der Waals surface area contributed by atoms with E-state index in [1.54, 1.807) is 6.20 Å². The molecular formula is C20H21N3O3S. The molecule has 1 N–H and O–H groups in total. The SMILES string of the molecule is Cc1ccc(-c2nc(CC(=O)NCc3ccc(OCC4CC4)nc3)cs2)o1. The highest BCUT2D eigenvalue weighted by Gasteiger charge is 2.22. The van der Waals surface area contributed by atoms with E-state index in [0.717, 1.165) is 34.4 Å². The van der Waals surface area contributed by atoms with Crippen LogP contribution >= 0.6 is 11.3 Å². The van der Waals surface area contributed by atoms with E-state index in [-0.39, 0.29) is 12.3 Å². The molecule has 3 aromatic rings. The molecule has 3 heterocycles. The zero-order valence-electron chi connectivity index (χ0n) is 15.1. The van der Waals surface area contributed by atoms with E-state index in [0.29, 0.717) is 18.3 Å². The zero-order chi connectivity index (χ0) is 18.6. The Bertz CT molecular complexity index is 913. The van der Waals surface area contributed by atoms with Gasteiger partial charge in [-0.2, -0.15) is 0 Å². The van der Waals surface area contributed by atoms with Gasteiger partial charge >= 0.3 is 0 Å². The third-order valence-electron chi connectivity index (χ3n) is 4.30. The molecule has 3 aromatic heterocycles. The van der Waals surface area contributed by atoms with Crippen molar-refractivity contribution in [1.82, 2.24) is 15.3 Å². The fraction of sp³-hybridized carbons (Fsp3) is 0.350. The molecule has 1 aliphatic carbocycles. The van der Waals surface area contributed by atoms with Gasteiger partial charge < -0.3 is 14.5 Å². The average Bonchev–Trinajstić information content (AvgIpc) is 3.22. The van der Waals surface area contributed by atoms with Crippen LogP contribution in [0.4, 0.5) is 0 Å². The van der Waals surface area contributed by atoms with Crippen molar-refractivity contribution >= 4 is 17.2 Å². The van der Waals surface area contributed by atoms with Gasteiger partial charge in [-0.05, 0) is 43.4 Å². The summed E-state index contributed by atoms with van der Waals surface area (Å²) in [6.45, 7) is 3.07. The topological polar surface area (TPSA) is 77.2 Å². The average molecular weight is 383 g/mol. The minimum absolute atomic E-state index is 0.0727. The lowest BCUT2D eigenvalue weighted by molar-refractivity contribution is -0.120. The summed E-state index contributed by atoms with van der Waals surface area (Å²) >= 11 is 1.48. The van der Waals surface area contributed by atoms with Crippen LogP contribution in [-0.4, -0.2) is 22.5 Å². The van der Waals surface area contributed by atoms with Gasteiger partial charge in [0.05, 0.1) is 18.7 Å². The van der Waals surface area contributed by atoms with Crippen LogP contribution in [0.25, 0.3) is 10.8 Å². The van der Waals surface area contributed by atoms with Gasteiger partial charge in [-0.1, -0.05) is 6.07 Å². The van der Waals surface area contributed by atoms with E-state index in [4.69, 9.17) is 9.15 Å². The van der Waals surface area contributed by atoms with Crippen LogP contribution in [0.3, 0.4) is 0 Å². The molecule has 140 valence electrons. The number of nitrogens with zero attached hydrogens (tertiary/aromatic N) is 2. The molecule has 1 aliphatic rings. The molecule has 0 saturated heterocycles. The molecule has 4 rings (SSSR count). The van der Waals surface area contributed by atoms with Crippen LogP contribution in [-0.2, 0) is 17.8 Å². The molecule has 0 aliphatic heterocycles. The number of carbonyl (C=O) groups is 1. The maximum atomic E-state index is 12.2. The van der Waals surface area contributed by atoms with Crippen molar-refractivity contribution in [2.45, 2.75) is 32.7 Å². The minimum atomic E-state index is -0.0727. The molecule has 0 radical (unpaired) electrons. The Morgan fingerprint density at radius 2 is 2.22 bits per heavy atom.